The van der Waals surface area contributed by atoms with E-state index in [0.29, 0.717) is 0 Å². The molecule has 12 rings (SSSR count). The second kappa shape index (κ2) is 16.8. The molecule has 0 atom stereocenters. The van der Waals surface area contributed by atoms with Gasteiger partial charge in [-0.15, -0.1) is 0 Å². The maximum absolute atomic E-state index is 2.49. The van der Waals surface area contributed by atoms with E-state index in [0.717, 1.165) is 0 Å². The molecule has 10 aromatic rings. The van der Waals surface area contributed by atoms with Crippen LogP contribution in [0.4, 0.5) is 0 Å². The number of fused-ring (bicyclic) bond motifs is 3. The normalized spacial score (nSPS) is 13.0. The van der Waals surface area contributed by atoms with Gasteiger partial charge in [0.25, 0.3) is 0 Å². The van der Waals surface area contributed by atoms with Gasteiger partial charge in [0.05, 0.1) is 0 Å². The maximum atomic E-state index is 2.49. The van der Waals surface area contributed by atoms with E-state index < -0.39 is 0 Å². The Hall–Kier alpha value is -8.58. The van der Waals surface area contributed by atoms with Crippen molar-refractivity contribution in [3.63, 3.8) is 0 Å². The summed E-state index contributed by atoms with van der Waals surface area (Å²) in [5.74, 6) is 0. The van der Waals surface area contributed by atoms with E-state index in [1.165, 1.54) is 122 Å². The van der Waals surface area contributed by atoms with Crippen LogP contribution in [0.1, 0.15) is 33.4 Å². The van der Waals surface area contributed by atoms with Gasteiger partial charge < -0.3 is 0 Å². The molecule has 0 unspecified atom stereocenters. The summed E-state index contributed by atoms with van der Waals surface area (Å²) in [6, 6.07) is 97.8. The van der Waals surface area contributed by atoms with Gasteiger partial charge in [0.2, 0.25) is 0 Å². The SMILES string of the molecule is c1ccc(C2=C3C(=C(c4ccc(-c5ccccc5)cc4)c4cc(-c5ccccc5)c(-c5ccccc5)cc43)C(c3ccc(-c4ccccc4)cc3)=C2c2ccc(-c3ccccc3)cc2)cc1. The summed E-state index contributed by atoms with van der Waals surface area (Å²) < 4.78 is 0. The van der Waals surface area contributed by atoms with Crippen LogP contribution in [-0.2, 0) is 0 Å². The van der Waals surface area contributed by atoms with E-state index >= 15 is 0 Å². The molecule has 0 saturated carbocycles. The van der Waals surface area contributed by atoms with E-state index in [2.05, 4.69) is 267 Å². The van der Waals surface area contributed by atoms with Crippen molar-refractivity contribution >= 4 is 27.9 Å². The first-order valence-electron chi connectivity index (χ1n) is 22.8. The number of hydrogen-bond donors (Lipinski definition) is 0. The lowest BCUT2D eigenvalue weighted by Gasteiger charge is -2.19. The number of allylic oxidation sites excluding steroid dienone is 5. The fourth-order valence-electron chi connectivity index (χ4n) is 10.2. The lowest BCUT2D eigenvalue weighted by atomic mass is 9.84. The van der Waals surface area contributed by atoms with Crippen molar-refractivity contribution in [1.29, 1.82) is 0 Å². The molecule has 0 spiro atoms. The highest BCUT2D eigenvalue weighted by atomic mass is 14.4. The summed E-state index contributed by atoms with van der Waals surface area (Å²) in [6.07, 6.45) is 0. The highest BCUT2D eigenvalue weighted by Crippen LogP contribution is 2.62. The van der Waals surface area contributed by atoms with E-state index in [1.54, 1.807) is 0 Å². The minimum atomic E-state index is 1.19. The van der Waals surface area contributed by atoms with Crippen LogP contribution in [0.5, 0.6) is 0 Å². The van der Waals surface area contributed by atoms with E-state index in [4.69, 9.17) is 0 Å². The second-order valence-corrected chi connectivity index (χ2v) is 17.1. The van der Waals surface area contributed by atoms with Crippen molar-refractivity contribution < 1.29 is 0 Å². The summed E-state index contributed by atoms with van der Waals surface area (Å²) in [6.45, 7) is 0. The molecule has 0 heterocycles. The minimum Gasteiger partial charge on any atom is -0.0622 e. The molecule has 0 nitrogen and oxygen atoms in total. The number of rotatable bonds is 9. The molecule has 308 valence electrons. The van der Waals surface area contributed by atoms with Crippen LogP contribution in [0.25, 0.3) is 83.5 Å². The van der Waals surface area contributed by atoms with Crippen molar-refractivity contribution in [3.8, 4) is 55.6 Å². The lowest BCUT2D eigenvalue weighted by Crippen LogP contribution is -1.97. The zero-order valence-electron chi connectivity index (χ0n) is 36.4. The zero-order chi connectivity index (χ0) is 43.8. The fourth-order valence-corrected chi connectivity index (χ4v) is 10.2. The van der Waals surface area contributed by atoms with E-state index in [-0.39, 0.29) is 0 Å². The zero-order valence-corrected chi connectivity index (χ0v) is 36.4. The molecule has 2 aliphatic rings. The first-order valence-corrected chi connectivity index (χ1v) is 22.8. The van der Waals surface area contributed by atoms with Gasteiger partial charge in [-0.05, 0) is 135 Å². The Labute approximate surface area is 387 Å². The smallest absolute Gasteiger partial charge is 0.000137 e. The predicted octanol–water partition coefficient (Wildman–Crippen LogP) is 17.4. The maximum Gasteiger partial charge on any atom is -0.000137 e. The van der Waals surface area contributed by atoms with Gasteiger partial charge in [0.15, 0.2) is 0 Å². The molecule has 2 aliphatic carbocycles. The lowest BCUT2D eigenvalue weighted by molar-refractivity contribution is 1.51. The molecule has 0 bridgehead atoms. The molecule has 0 fully saturated rings. The molecule has 0 saturated heterocycles. The van der Waals surface area contributed by atoms with Crippen LogP contribution in [0, 0.1) is 0 Å². The molecular weight excluding hydrogens is 793 g/mol. The molecule has 0 aliphatic heterocycles. The molecular formula is C66H44. The first-order chi connectivity index (χ1) is 32.8. The Morgan fingerprint density at radius 3 is 0.682 bits per heavy atom. The predicted molar refractivity (Wildman–Crippen MR) is 279 cm³/mol. The van der Waals surface area contributed by atoms with Crippen molar-refractivity contribution in [2.75, 3.05) is 0 Å². The van der Waals surface area contributed by atoms with Gasteiger partial charge >= 0.3 is 0 Å². The quantitative estimate of drug-likeness (QED) is 0.136. The van der Waals surface area contributed by atoms with Crippen LogP contribution >= 0.6 is 0 Å². The van der Waals surface area contributed by atoms with Gasteiger partial charge in [-0.2, -0.15) is 0 Å². The topological polar surface area (TPSA) is 0 Å². The third kappa shape index (κ3) is 6.97. The Morgan fingerprint density at radius 1 is 0.121 bits per heavy atom. The molecule has 0 N–H and O–H groups in total. The third-order valence-electron chi connectivity index (χ3n) is 13.3. The van der Waals surface area contributed by atoms with Crippen LogP contribution < -0.4 is 0 Å². The van der Waals surface area contributed by atoms with Crippen LogP contribution in [0.15, 0.2) is 272 Å². The van der Waals surface area contributed by atoms with E-state index in [1.807, 2.05) is 0 Å². The Kier molecular flexibility index (Phi) is 9.97. The Balaban J connectivity index is 1.19. The van der Waals surface area contributed by atoms with Crippen molar-refractivity contribution in [1.82, 2.24) is 0 Å². The van der Waals surface area contributed by atoms with Gasteiger partial charge in [0, 0.05) is 0 Å². The number of hydrogen-bond acceptors (Lipinski definition) is 0. The average molecular weight is 837 g/mol. The first kappa shape index (κ1) is 39.0. The highest BCUT2D eigenvalue weighted by molar-refractivity contribution is 6.39. The van der Waals surface area contributed by atoms with Crippen molar-refractivity contribution in [2.24, 2.45) is 0 Å². The molecule has 0 amide bonds. The molecule has 10 aromatic carbocycles. The summed E-state index contributed by atoms with van der Waals surface area (Å²) >= 11 is 0. The molecule has 0 heteroatoms. The molecule has 0 aromatic heterocycles. The highest BCUT2D eigenvalue weighted by Gasteiger charge is 2.41. The van der Waals surface area contributed by atoms with Crippen LogP contribution in [-0.4, -0.2) is 0 Å². The standard InChI is InChI=1S/C66H44/c1-7-19-45(20-8-1)48-31-37-54(38-32-48)61-59-43-57(51-25-13-4-14-26-51)58(52-27-15-5-16-28-52)44-60(59)65-63(53-29-17-6-18-30-53)62(55-39-33-49(34-40-55)46-21-9-2-10-22-46)64(66(61)65)56-41-35-50(36-42-56)47-23-11-3-12-24-47/h1-44H. The largest absolute Gasteiger partial charge is 0.0622 e. The third-order valence-corrected chi connectivity index (χ3v) is 13.3. The van der Waals surface area contributed by atoms with Crippen LogP contribution in [0.2, 0.25) is 0 Å². The van der Waals surface area contributed by atoms with Gasteiger partial charge in [-0.3, -0.25) is 0 Å². The average Bonchev–Trinajstić information content (AvgIpc) is 3.92. The van der Waals surface area contributed by atoms with Crippen molar-refractivity contribution in [2.45, 2.75) is 0 Å². The van der Waals surface area contributed by atoms with Crippen LogP contribution in [0.3, 0.4) is 0 Å². The summed E-state index contributed by atoms with van der Waals surface area (Å²) in [5, 5.41) is 0. The number of benzene rings is 10. The van der Waals surface area contributed by atoms with Gasteiger partial charge in [0.1, 0.15) is 0 Å². The van der Waals surface area contributed by atoms with E-state index in [9.17, 15) is 0 Å². The molecule has 0 radical (unpaired) electrons. The van der Waals surface area contributed by atoms with Gasteiger partial charge in [-0.1, -0.05) is 255 Å². The second-order valence-electron chi connectivity index (χ2n) is 17.1. The van der Waals surface area contributed by atoms with Crippen molar-refractivity contribution in [3.05, 3.63) is 306 Å². The Bertz CT molecular complexity index is 3450. The fraction of sp³-hybridized carbons (Fsp3) is 0. The summed E-state index contributed by atoms with van der Waals surface area (Å²) in [4.78, 5) is 0. The van der Waals surface area contributed by atoms with Gasteiger partial charge in [-0.25, -0.2) is 0 Å². The summed E-state index contributed by atoms with van der Waals surface area (Å²) in [5.41, 5.74) is 26.9. The minimum absolute atomic E-state index is 1.19. The Morgan fingerprint density at radius 2 is 0.333 bits per heavy atom. The monoisotopic (exact) mass is 836 g/mol. The molecule has 66 heavy (non-hydrogen) atoms. The summed E-state index contributed by atoms with van der Waals surface area (Å²) in [7, 11) is 0.